The highest BCUT2D eigenvalue weighted by Crippen LogP contribution is 2.24. The molecule has 156 valence electrons. The Kier molecular flexibility index (Phi) is 6.87. The minimum Gasteiger partial charge on any atom is -0.491 e. The van der Waals surface area contributed by atoms with E-state index in [9.17, 15) is 17.6 Å². The quantitative estimate of drug-likeness (QED) is 0.747. The molecule has 1 N–H and O–H groups in total. The molecule has 0 saturated carbocycles. The van der Waals surface area contributed by atoms with E-state index in [2.05, 4.69) is 5.32 Å². The lowest BCUT2D eigenvalue weighted by Crippen LogP contribution is -2.48. The number of piperidine rings is 1. The Morgan fingerprint density at radius 1 is 1.21 bits per heavy atom. The fourth-order valence-corrected chi connectivity index (χ4v) is 4.79. The van der Waals surface area contributed by atoms with Crippen LogP contribution in [0.5, 0.6) is 5.75 Å². The molecular formula is C21H25FN2O4S. The third-order valence-corrected chi connectivity index (χ3v) is 6.72. The maximum Gasteiger partial charge on any atom is 0.243 e. The zero-order valence-electron chi connectivity index (χ0n) is 16.3. The predicted octanol–water partition coefficient (Wildman–Crippen LogP) is 2.81. The first-order valence-corrected chi connectivity index (χ1v) is 11.0. The summed E-state index contributed by atoms with van der Waals surface area (Å²) in [6.07, 6.45) is 1.21. The minimum atomic E-state index is -3.76. The number of hydrogen-bond acceptors (Lipinski definition) is 4. The Morgan fingerprint density at radius 3 is 2.59 bits per heavy atom. The summed E-state index contributed by atoms with van der Waals surface area (Å²) in [4.78, 5) is 12.7. The first-order chi connectivity index (χ1) is 13.9. The van der Waals surface area contributed by atoms with Gasteiger partial charge < -0.3 is 10.1 Å². The molecule has 29 heavy (non-hydrogen) atoms. The van der Waals surface area contributed by atoms with Crippen molar-refractivity contribution in [3.63, 3.8) is 0 Å². The van der Waals surface area contributed by atoms with Crippen molar-refractivity contribution in [2.45, 2.75) is 30.7 Å². The van der Waals surface area contributed by atoms with Gasteiger partial charge in [0.2, 0.25) is 15.9 Å². The molecule has 1 heterocycles. The first kappa shape index (κ1) is 21.3. The number of nitrogens with one attached hydrogen (secondary N) is 1. The second kappa shape index (κ2) is 9.37. The van der Waals surface area contributed by atoms with Crippen LogP contribution in [0.2, 0.25) is 0 Å². The second-order valence-electron chi connectivity index (χ2n) is 7.19. The zero-order valence-corrected chi connectivity index (χ0v) is 17.1. The van der Waals surface area contributed by atoms with Crippen LogP contribution in [0.4, 0.5) is 4.39 Å². The SMILES string of the molecule is C[C@H](COc1ccccc1)NC(=O)[C@H]1CCCN(S(=O)(=O)c2ccc(F)cc2)C1. The van der Waals surface area contributed by atoms with Crippen LogP contribution in [-0.4, -0.2) is 44.4 Å². The van der Waals surface area contributed by atoms with Crippen molar-refractivity contribution >= 4 is 15.9 Å². The van der Waals surface area contributed by atoms with E-state index in [1.165, 1.54) is 16.4 Å². The van der Waals surface area contributed by atoms with Gasteiger partial charge in [-0.3, -0.25) is 4.79 Å². The van der Waals surface area contributed by atoms with Crippen LogP contribution < -0.4 is 10.1 Å². The number of para-hydroxylation sites is 1. The van der Waals surface area contributed by atoms with E-state index in [-0.39, 0.29) is 23.4 Å². The molecule has 2 aromatic rings. The number of rotatable bonds is 7. The Balaban J connectivity index is 1.56. The molecule has 2 aromatic carbocycles. The molecule has 1 aliphatic heterocycles. The lowest BCUT2D eigenvalue weighted by Gasteiger charge is -2.31. The fourth-order valence-electron chi connectivity index (χ4n) is 3.27. The molecule has 1 aliphatic rings. The lowest BCUT2D eigenvalue weighted by molar-refractivity contribution is -0.126. The summed E-state index contributed by atoms with van der Waals surface area (Å²) < 4.78 is 45.7. The molecule has 1 fully saturated rings. The highest BCUT2D eigenvalue weighted by atomic mass is 32.2. The zero-order chi connectivity index (χ0) is 20.9. The first-order valence-electron chi connectivity index (χ1n) is 9.60. The number of sulfonamides is 1. The number of amides is 1. The number of nitrogens with zero attached hydrogens (tertiary/aromatic N) is 1. The summed E-state index contributed by atoms with van der Waals surface area (Å²) >= 11 is 0. The fraction of sp³-hybridized carbons (Fsp3) is 0.381. The Hall–Kier alpha value is -2.45. The van der Waals surface area contributed by atoms with Crippen LogP contribution in [0, 0.1) is 11.7 Å². The number of carbonyl (C=O) groups excluding carboxylic acids is 1. The van der Waals surface area contributed by atoms with Gasteiger partial charge in [-0.1, -0.05) is 18.2 Å². The van der Waals surface area contributed by atoms with Gasteiger partial charge in [0.15, 0.2) is 0 Å². The van der Waals surface area contributed by atoms with Gasteiger partial charge >= 0.3 is 0 Å². The summed E-state index contributed by atoms with van der Waals surface area (Å²) in [5.41, 5.74) is 0. The lowest BCUT2D eigenvalue weighted by atomic mass is 9.98. The second-order valence-corrected chi connectivity index (χ2v) is 9.13. The molecule has 3 rings (SSSR count). The normalized spacial score (nSPS) is 18.8. The smallest absolute Gasteiger partial charge is 0.243 e. The van der Waals surface area contributed by atoms with Gasteiger partial charge in [0.25, 0.3) is 0 Å². The topological polar surface area (TPSA) is 75.7 Å². The predicted molar refractivity (Wildman–Crippen MR) is 107 cm³/mol. The third-order valence-electron chi connectivity index (χ3n) is 4.84. The number of hydrogen-bond donors (Lipinski definition) is 1. The molecule has 0 bridgehead atoms. The van der Waals surface area contributed by atoms with E-state index in [4.69, 9.17) is 4.74 Å². The minimum absolute atomic E-state index is 0.0320. The standard InChI is InChI=1S/C21H25FN2O4S/c1-16(15-28-19-7-3-2-4-8-19)23-21(25)17-6-5-13-24(14-17)29(26,27)20-11-9-18(22)10-12-20/h2-4,7-12,16-17H,5-6,13-15H2,1H3,(H,23,25)/t16-,17+/m1/s1. The average Bonchev–Trinajstić information content (AvgIpc) is 2.73. The van der Waals surface area contributed by atoms with Crippen molar-refractivity contribution in [2.75, 3.05) is 19.7 Å². The number of ether oxygens (including phenoxy) is 1. The Bertz CT molecular complexity index is 919. The number of carbonyl (C=O) groups is 1. The van der Waals surface area contributed by atoms with Gasteiger partial charge in [-0.05, 0) is 56.2 Å². The molecule has 1 saturated heterocycles. The molecule has 2 atom stereocenters. The van der Waals surface area contributed by atoms with Crippen LogP contribution in [0.25, 0.3) is 0 Å². The van der Waals surface area contributed by atoms with E-state index in [1.54, 1.807) is 0 Å². The largest absolute Gasteiger partial charge is 0.491 e. The third kappa shape index (κ3) is 5.55. The van der Waals surface area contributed by atoms with E-state index in [0.717, 1.165) is 17.9 Å². The van der Waals surface area contributed by atoms with E-state index in [0.29, 0.717) is 26.0 Å². The molecule has 8 heteroatoms. The van der Waals surface area contributed by atoms with Crippen molar-refractivity contribution in [3.8, 4) is 5.75 Å². The average molecular weight is 421 g/mol. The summed E-state index contributed by atoms with van der Waals surface area (Å²) in [6.45, 7) is 2.62. The summed E-state index contributed by atoms with van der Waals surface area (Å²) in [6, 6.07) is 13.8. The molecule has 6 nitrogen and oxygen atoms in total. The summed E-state index contributed by atoms with van der Waals surface area (Å²) in [5, 5.41) is 2.90. The van der Waals surface area contributed by atoms with Crippen LogP contribution in [0.15, 0.2) is 59.5 Å². The van der Waals surface area contributed by atoms with Crippen molar-refractivity contribution in [1.82, 2.24) is 9.62 Å². The van der Waals surface area contributed by atoms with Crippen LogP contribution in [0.1, 0.15) is 19.8 Å². The van der Waals surface area contributed by atoms with Crippen LogP contribution in [-0.2, 0) is 14.8 Å². The Morgan fingerprint density at radius 2 is 1.90 bits per heavy atom. The van der Waals surface area contributed by atoms with E-state index >= 15 is 0 Å². The summed E-state index contributed by atoms with van der Waals surface area (Å²) in [7, 11) is -3.76. The molecular weight excluding hydrogens is 395 g/mol. The van der Waals surface area contributed by atoms with Crippen molar-refractivity contribution in [1.29, 1.82) is 0 Å². The van der Waals surface area contributed by atoms with Crippen LogP contribution >= 0.6 is 0 Å². The molecule has 0 aromatic heterocycles. The van der Waals surface area contributed by atoms with Crippen molar-refractivity contribution in [3.05, 3.63) is 60.4 Å². The van der Waals surface area contributed by atoms with Gasteiger partial charge in [0.05, 0.1) is 16.9 Å². The van der Waals surface area contributed by atoms with Crippen molar-refractivity contribution < 1.29 is 22.3 Å². The maximum absolute atomic E-state index is 13.1. The van der Waals surface area contributed by atoms with Gasteiger partial charge in [0.1, 0.15) is 18.2 Å². The van der Waals surface area contributed by atoms with Crippen LogP contribution in [0.3, 0.4) is 0 Å². The summed E-state index contributed by atoms with van der Waals surface area (Å²) in [5.74, 6) is -0.388. The highest BCUT2D eigenvalue weighted by Gasteiger charge is 2.33. The van der Waals surface area contributed by atoms with Gasteiger partial charge in [-0.2, -0.15) is 4.31 Å². The molecule has 0 aliphatic carbocycles. The van der Waals surface area contributed by atoms with E-state index in [1.807, 2.05) is 37.3 Å². The van der Waals surface area contributed by atoms with E-state index < -0.39 is 21.8 Å². The number of halogens is 1. The molecule has 0 radical (unpaired) electrons. The van der Waals surface area contributed by atoms with Crippen molar-refractivity contribution in [2.24, 2.45) is 5.92 Å². The number of benzene rings is 2. The molecule has 0 spiro atoms. The van der Waals surface area contributed by atoms with Gasteiger partial charge in [-0.15, -0.1) is 0 Å². The Labute approximate surface area is 170 Å². The molecule has 0 unspecified atom stereocenters. The molecule has 1 amide bonds. The maximum atomic E-state index is 13.1. The monoisotopic (exact) mass is 420 g/mol. The highest BCUT2D eigenvalue weighted by molar-refractivity contribution is 7.89. The van der Waals surface area contributed by atoms with Gasteiger partial charge in [0, 0.05) is 13.1 Å². The van der Waals surface area contributed by atoms with Gasteiger partial charge in [-0.25, -0.2) is 12.8 Å².